The molecular weight excluding hydrogens is 282 g/mol. The lowest BCUT2D eigenvalue weighted by Crippen LogP contribution is -2.21. The zero-order chi connectivity index (χ0) is 13.8. The van der Waals surface area contributed by atoms with Crippen LogP contribution in [-0.2, 0) is 9.59 Å². The maximum atomic E-state index is 11.7. The van der Waals surface area contributed by atoms with Crippen LogP contribution in [0.2, 0.25) is 0 Å². The molecule has 0 bridgehead atoms. The number of rotatable bonds is 5. The molecule has 2 aromatic rings. The summed E-state index contributed by atoms with van der Waals surface area (Å²) < 4.78 is 3.37. The highest BCUT2D eigenvalue weighted by molar-refractivity contribution is 7.99. The van der Waals surface area contributed by atoms with E-state index in [-0.39, 0.29) is 18.7 Å². The number of para-hydroxylation sites is 1. The summed E-state index contributed by atoms with van der Waals surface area (Å²) in [6.07, 6.45) is 0.202. The second-order valence-corrected chi connectivity index (χ2v) is 6.30. The molecule has 2 rings (SSSR count). The average Bonchev–Trinajstić information content (AvgIpc) is 2.77. The quantitative estimate of drug-likeness (QED) is 0.856. The van der Waals surface area contributed by atoms with Crippen molar-refractivity contribution in [3.8, 4) is 0 Å². The predicted molar refractivity (Wildman–Crippen MR) is 76.7 cm³/mol. The number of thiazole rings is 1. The van der Waals surface area contributed by atoms with Crippen molar-refractivity contribution in [2.24, 2.45) is 5.73 Å². The van der Waals surface area contributed by atoms with Crippen molar-refractivity contribution in [2.75, 3.05) is 7.05 Å². The number of nitrogens with zero attached hydrogens (tertiary/aromatic N) is 2. The number of hydrogen-bond donors (Lipinski definition) is 1. The molecule has 7 heteroatoms. The van der Waals surface area contributed by atoms with Gasteiger partial charge in [0.05, 0.1) is 10.2 Å². The van der Waals surface area contributed by atoms with E-state index in [1.165, 1.54) is 27.6 Å². The van der Waals surface area contributed by atoms with E-state index in [4.69, 9.17) is 5.73 Å². The van der Waals surface area contributed by atoms with Crippen LogP contribution in [0.5, 0.6) is 0 Å². The first kappa shape index (κ1) is 13.8. The van der Waals surface area contributed by atoms with Gasteiger partial charge in [0.15, 0.2) is 4.34 Å². The SMILES string of the molecule is CN(Sc1nc2ccccc2s1)C(=O)CCC(N)=O. The molecule has 2 amide bonds. The number of hydrogen-bond acceptors (Lipinski definition) is 5. The summed E-state index contributed by atoms with van der Waals surface area (Å²) in [6.45, 7) is 0. The molecule has 0 aliphatic rings. The van der Waals surface area contributed by atoms with Crippen LogP contribution in [0.25, 0.3) is 10.2 Å². The molecule has 0 aliphatic carbocycles. The first-order valence-electron chi connectivity index (χ1n) is 5.64. The lowest BCUT2D eigenvalue weighted by molar-refractivity contribution is -0.128. The van der Waals surface area contributed by atoms with Crippen molar-refractivity contribution >= 4 is 45.3 Å². The number of fused-ring (bicyclic) bond motifs is 1. The Labute approximate surface area is 118 Å². The minimum absolute atomic E-state index is 0.0730. The van der Waals surface area contributed by atoms with E-state index in [1.54, 1.807) is 7.05 Å². The van der Waals surface area contributed by atoms with E-state index in [0.717, 1.165) is 14.6 Å². The number of aromatic nitrogens is 1. The number of amides is 2. The van der Waals surface area contributed by atoms with Gasteiger partial charge in [-0.05, 0) is 12.1 Å². The third-order valence-corrected chi connectivity index (χ3v) is 4.46. The van der Waals surface area contributed by atoms with E-state index in [0.29, 0.717) is 0 Å². The average molecular weight is 295 g/mol. The van der Waals surface area contributed by atoms with Crippen molar-refractivity contribution in [2.45, 2.75) is 17.2 Å². The van der Waals surface area contributed by atoms with Gasteiger partial charge in [0, 0.05) is 31.8 Å². The normalized spacial score (nSPS) is 10.6. The number of benzene rings is 1. The van der Waals surface area contributed by atoms with Crippen LogP contribution in [0.4, 0.5) is 0 Å². The lowest BCUT2D eigenvalue weighted by atomic mass is 10.3. The second kappa shape index (κ2) is 6.03. The van der Waals surface area contributed by atoms with Crippen LogP contribution in [0.3, 0.4) is 0 Å². The highest BCUT2D eigenvalue weighted by Crippen LogP contribution is 2.30. The first-order valence-corrected chi connectivity index (χ1v) is 7.23. The maximum absolute atomic E-state index is 11.7. The summed E-state index contributed by atoms with van der Waals surface area (Å²) in [4.78, 5) is 26.8. The van der Waals surface area contributed by atoms with Crippen LogP contribution in [0.1, 0.15) is 12.8 Å². The molecule has 2 N–H and O–H groups in total. The summed E-state index contributed by atoms with van der Waals surface area (Å²) >= 11 is 2.80. The fraction of sp³-hybridized carbons (Fsp3) is 0.250. The Morgan fingerprint density at radius 1 is 1.37 bits per heavy atom. The Morgan fingerprint density at radius 3 is 2.79 bits per heavy atom. The van der Waals surface area contributed by atoms with E-state index in [2.05, 4.69) is 4.98 Å². The molecule has 19 heavy (non-hydrogen) atoms. The molecule has 0 saturated carbocycles. The minimum Gasteiger partial charge on any atom is -0.370 e. The van der Waals surface area contributed by atoms with Gasteiger partial charge in [-0.25, -0.2) is 4.98 Å². The maximum Gasteiger partial charge on any atom is 0.232 e. The summed E-state index contributed by atoms with van der Waals surface area (Å²) in [5, 5.41) is 0. The summed E-state index contributed by atoms with van der Waals surface area (Å²) in [5.74, 6) is -0.602. The molecule has 0 unspecified atom stereocenters. The Bertz CT molecular complexity index is 579. The second-order valence-electron chi connectivity index (χ2n) is 3.90. The van der Waals surface area contributed by atoms with Crippen molar-refractivity contribution in [3.05, 3.63) is 24.3 Å². The first-order chi connectivity index (χ1) is 9.06. The number of nitrogens with two attached hydrogens (primary N) is 1. The van der Waals surface area contributed by atoms with Gasteiger partial charge in [0.25, 0.3) is 0 Å². The van der Waals surface area contributed by atoms with E-state index in [9.17, 15) is 9.59 Å². The number of carbonyl (C=O) groups is 2. The van der Waals surface area contributed by atoms with Crippen LogP contribution < -0.4 is 5.73 Å². The molecular formula is C12H13N3O2S2. The third kappa shape index (κ3) is 3.68. The fourth-order valence-electron chi connectivity index (χ4n) is 1.45. The lowest BCUT2D eigenvalue weighted by Gasteiger charge is -2.12. The Kier molecular flexibility index (Phi) is 4.39. The topological polar surface area (TPSA) is 76.3 Å². The van der Waals surface area contributed by atoms with Gasteiger partial charge in [-0.3, -0.25) is 13.9 Å². The molecule has 1 heterocycles. The van der Waals surface area contributed by atoms with Gasteiger partial charge in [-0.2, -0.15) is 0 Å². The van der Waals surface area contributed by atoms with Crippen molar-refractivity contribution in [1.29, 1.82) is 0 Å². The zero-order valence-corrected chi connectivity index (χ0v) is 12.0. The molecule has 0 saturated heterocycles. The van der Waals surface area contributed by atoms with Crippen LogP contribution in [-0.4, -0.2) is 28.2 Å². The molecule has 100 valence electrons. The summed E-state index contributed by atoms with van der Waals surface area (Å²) in [6, 6.07) is 7.81. The van der Waals surface area contributed by atoms with Crippen molar-refractivity contribution < 1.29 is 9.59 Å². The molecule has 0 atom stereocenters. The van der Waals surface area contributed by atoms with Gasteiger partial charge in [0.2, 0.25) is 11.8 Å². The largest absolute Gasteiger partial charge is 0.370 e. The molecule has 5 nitrogen and oxygen atoms in total. The standard InChI is InChI=1S/C12H13N3O2S2/c1-15(11(17)7-6-10(13)16)19-12-14-8-4-2-3-5-9(8)18-12/h2-5H,6-7H2,1H3,(H2,13,16). The van der Waals surface area contributed by atoms with E-state index >= 15 is 0 Å². The Morgan fingerprint density at radius 2 is 2.11 bits per heavy atom. The Balaban J connectivity index is 1.99. The van der Waals surface area contributed by atoms with Gasteiger partial charge in [-0.1, -0.05) is 12.1 Å². The monoisotopic (exact) mass is 295 g/mol. The predicted octanol–water partition coefficient (Wildman–Crippen LogP) is 2.03. The number of carbonyl (C=O) groups excluding carboxylic acids is 2. The molecule has 1 aromatic heterocycles. The highest BCUT2D eigenvalue weighted by Gasteiger charge is 2.14. The Hall–Kier alpha value is -1.60. The molecule has 1 aromatic carbocycles. The molecule has 0 fully saturated rings. The third-order valence-electron chi connectivity index (χ3n) is 2.43. The summed E-state index contributed by atoms with van der Waals surface area (Å²) in [7, 11) is 1.67. The van der Waals surface area contributed by atoms with Gasteiger partial charge >= 0.3 is 0 Å². The molecule has 0 radical (unpaired) electrons. The smallest absolute Gasteiger partial charge is 0.232 e. The molecule has 0 aliphatic heterocycles. The fourth-order valence-corrected chi connectivity index (χ4v) is 3.46. The minimum atomic E-state index is -0.466. The van der Waals surface area contributed by atoms with Crippen LogP contribution >= 0.6 is 23.3 Å². The van der Waals surface area contributed by atoms with E-state index < -0.39 is 5.91 Å². The van der Waals surface area contributed by atoms with Gasteiger partial charge in [-0.15, -0.1) is 11.3 Å². The van der Waals surface area contributed by atoms with Crippen LogP contribution in [0, 0.1) is 0 Å². The van der Waals surface area contributed by atoms with Crippen molar-refractivity contribution in [1.82, 2.24) is 9.29 Å². The number of primary amides is 1. The van der Waals surface area contributed by atoms with Crippen LogP contribution in [0.15, 0.2) is 28.6 Å². The van der Waals surface area contributed by atoms with Gasteiger partial charge < -0.3 is 5.73 Å². The molecule has 0 spiro atoms. The van der Waals surface area contributed by atoms with Gasteiger partial charge in [0.1, 0.15) is 0 Å². The highest BCUT2D eigenvalue weighted by atomic mass is 32.2. The summed E-state index contributed by atoms with van der Waals surface area (Å²) in [5.41, 5.74) is 5.94. The van der Waals surface area contributed by atoms with Crippen molar-refractivity contribution in [3.63, 3.8) is 0 Å². The zero-order valence-electron chi connectivity index (χ0n) is 10.3. The van der Waals surface area contributed by atoms with E-state index in [1.807, 2.05) is 24.3 Å².